The fourth-order valence-electron chi connectivity index (χ4n) is 1.82. The second-order valence-electron chi connectivity index (χ2n) is 3.49. The fraction of sp³-hybridized carbons (Fsp3) is 0.0769. The Labute approximate surface area is 103 Å². The summed E-state index contributed by atoms with van der Waals surface area (Å²) in [6, 6.07) is 16.4. The molecule has 0 aromatic heterocycles. The van der Waals surface area contributed by atoms with Crippen molar-refractivity contribution in [1.29, 1.82) is 0 Å². The van der Waals surface area contributed by atoms with Gasteiger partial charge in [0.1, 0.15) is 11.5 Å². The molecule has 2 nitrogen and oxygen atoms in total. The molecule has 0 aliphatic carbocycles. The molecule has 16 heavy (non-hydrogen) atoms. The molecule has 3 rings (SSSR count). The van der Waals surface area contributed by atoms with Crippen LogP contribution in [-0.4, -0.2) is 16.2 Å². The van der Waals surface area contributed by atoms with Gasteiger partial charge in [0, 0.05) is 6.42 Å². The van der Waals surface area contributed by atoms with E-state index in [1.54, 1.807) is 0 Å². The second kappa shape index (κ2) is 5.07. The maximum absolute atomic E-state index is 8.17. The maximum atomic E-state index is 8.17. The number of benzene rings is 2. The van der Waals surface area contributed by atoms with Crippen molar-refractivity contribution in [2.45, 2.75) is 6.42 Å². The zero-order chi connectivity index (χ0) is 11.4. The largest absolute Gasteiger partial charge is 0.457 e. The van der Waals surface area contributed by atoms with Gasteiger partial charge >= 0.3 is 20.0 Å². The third-order valence-corrected chi connectivity index (χ3v) is 2.55. The average Bonchev–Trinajstić information content (AvgIpc) is 2.38. The molecule has 0 saturated heterocycles. The van der Waals surface area contributed by atoms with Gasteiger partial charge in [0.15, 0.2) is 0 Å². The van der Waals surface area contributed by atoms with Crippen LogP contribution < -0.4 is 4.74 Å². The van der Waals surface area contributed by atoms with E-state index in [9.17, 15) is 0 Å². The predicted molar refractivity (Wildman–Crippen MR) is 62.2 cm³/mol. The first-order valence-corrected chi connectivity index (χ1v) is 5.48. The first-order valence-electron chi connectivity index (χ1n) is 5.01. The Morgan fingerprint density at radius 1 is 0.812 bits per heavy atom. The minimum Gasteiger partial charge on any atom is -0.457 e. The Morgan fingerprint density at radius 2 is 1.25 bits per heavy atom. The van der Waals surface area contributed by atoms with Crippen LogP contribution in [0.15, 0.2) is 48.5 Å². The predicted octanol–water partition coefficient (Wildman–Crippen LogP) is 2.88. The standard InChI is InChI=1S/C13H10O.Al.O/c1-3-7-12-10(5-1)9-11-6-2-4-8-13(11)14-12;;/h1-8H,9H2;;. The van der Waals surface area contributed by atoms with Crippen LogP contribution in [0.2, 0.25) is 0 Å². The van der Waals surface area contributed by atoms with E-state index in [-0.39, 0.29) is 0 Å². The normalized spacial score (nSPS) is 11.2. The number of hydrogen-bond acceptors (Lipinski definition) is 2. The van der Waals surface area contributed by atoms with Gasteiger partial charge in [-0.25, -0.2) is 0 Å². The van der Waals surface area contributed by atoms with Crippen molar-refractivity contribution in [1.82, 2.24) is 0 Å². The van der Waals surface area contributed by atoms with Crippen LogP contribution >= 0.6 is 0 Å². The number of hydrogen-bond donors (Lipinski definition) is 0. The van der Waals surface area contributed by atoms with Gasteiger partial charge in [0.05, 0.1) is 0 Å². The van der Waals surface area contributed by atoms with E-state index in [0.717, 1.165) is 17.9 Å². The van der Waals surface area contributed by atoms with E-state index >= 15 is 0 Å². The summed E-state index contributed by atoms with van der Waals surface area (Å²) in [4.78, 5) is 0. The van der Waals surface area contributed by atoms with E-state index in [0.29, 0.717) is 0 Å². The molecule has 0 fully saturated rings. The molecule has 1 aliphatic rings. The quantitative estimate of drug-likeness (QED) is 0.550. The smallest absolute Gasteiger partial charge is 0.130 e. The third-order valence-electron chi connectivity index (χ3n) is 2.55. The molecule has 1 heterocycles. The SMILES string of the molecule is [O]=[Al].c1ccc2c(c1)Cc1ccccc1O2. The molecule has 2 aromatic rings. The molecule has 1 aliphatic heterocycles. The summed E-state index contributed by atoms with van der Waals surface area (Å²) >= 11 is 1.17. The summed E-state index contributed by atoms with van der Waals surface area (Å²) in [6.45, 7) is 0. The summed E-state index contributed by atoms with van der Waals surface area (Å²) in [5, 5.41) is 0. The van der Waals surface area contributed by atoms with Gasteiger partial charge in [-0.3, -0.25) is 0 Å². The summed E-state index contributed by atoms with van der Waals surface area (Å²) in [5.41, 5.74) is 2.54. The molecule has 2 aromatic carbocycles. The van der Waals surface area contributed by atoms with Crippen molar-refractivity contribution in [3.8, 4) is 11.5 Å². The van der Waals surface area contributed by atoms with Crippen LogP contribution in [0.5, 0.6) is 11.5 Å². The van der Waals surface area contributed by atoms with E-state index in [1.165, 1.54) is 27.4 Å². The Kier molecular flexibility index (Phi) is 3.51. The van der Waals surface area contributed by atoms with Gasteiger partial charge < -0.3 is 4.74 Å². The Morgan fingerprint density at radius 3 is 1.75 bits per heavy atom. The molecule has 3 heteroatoms. The molecule has 0 atom stereocenters. The molecular weight excluding hydrogens is 215 g/mol. The van der Waals surface area contributed by atoms with Crippen molar-refractivity contribution in [3.63, 3.8) is 0 Å². The van der Waals surface area contributed by atoms with E-state index < -0.39 is 0 Å². The van der Waals surface area contributed by atoms with Crippen molar-refractivity contribution in [2.24, 2.45) is 0 Å². The van der Waals surface area contributed by atoms with Crippen molar-refractivity contribution < 1.29 is 8.54 Å². The minimum absolute atomic E-state index is 0.979. The number of ether oxygens (including phenoxy) is 1. The van der Waals surface area contributed by atoms with Crippen LogP contribution in [0.1, 0.15) is 11.1 Å². The zero-order valence-corrected chi connectivity index (χ0v) is 9.87. The van der Waals surface area contributed by atoms with Crippen molar-refractivity contribution >= 4 is 16.2 Å². The molecule has 0 unspecified atom stereocenters. The van der Waals surface area contributed by atoms with Crippen LogP contribution in [0.4, 0.5) is 0 Å². The molecule has 0 N–H and O–H groups in total. The first-order chi connectivity index (χ1) is 7.93. The zero-order valence-electron chi connectivity index (χ0n) is 8.72. The van der Waals surface area contributed by atoms with E-state index in [1.807, 2.05) is 24.3 Å². The Bertz CT molecular complexity index is 409. The topological polar surface area (TPSA) is 26.3 Å². The Balaban J connectivity index is 0.000000457. The molecular formula is C13H10AlO2. The second-order valence-corrected chi connectivity index (χ2v) is 3.49. The van der Waals surface area contributed by atoms with Gasteiger partial charge in [-0.15, -0.1) is 0 Å². The van der Waals surface area contributed by atoms with Gasteiger partial charge in [0.25, 0.3) is 0 Å². The van der Waals surface area contributed by atoms with Crippen LogP contribution in [0.25, 0.3) is 0 Å². The first kappa shape index (κ1) is 11.1. The van der Waals surface area contributed by atoms with Crippen LogP contribution in [0.3, 0.4) is 0 Å². The molecule has 0 saturated carbocycles. The molecule has 0 spiro atoms. The number of para-hydroxylation sites is 2. The van der Waals surface area contributed by atoms with Gasteiger partial charge in [-0.2, -0.15) is 0 Å². The molecule has 1 radical (unpaired) electrons. The van der Waals surface area contributed by atoms with Crippen LogP contribution in [0, 0.1) is 0 Å². The summed E-state index contributed by atoms with van der Waals surface area (Å²) < 4.78 is 13.9. The van der Waals surface area contributed by atoms with Gasteiger partial charge in [0.2, 0.25) is 0 Å². The van der Waals surface area contributed by atoms with E-state index in [2.05, 4.69) is 24.3 Å². The summed E-state index contributed by atoms with van der Waals surface area (Å²) in [5.74, 6) is 1.98. The maximum Gasteiger partial charge on any atom is 0.130 e. The monoisotopic (exact) mass is 225 g/mol. The van der Waals surface area contributed by atoms with Crippen LogP contribution in [-0.2, 0) is 10.2 Å². The number of rotatable bonds is 0. The fourth-order valence-corrected chi connectivity index (χ4v) is 1.82. The molecule has 77 valence electrons. The minimum atomic E-state index is 0.979. The van der Waals surface area contributed by atoms with E-state index in [4.69, 9.17) is 8.54 Å². The van der Waals surface area contributed by atoms with Crippen molar-refractivity contribution in [3.05, 3.63) is 59.7 Å². The summed E-state index contributed by atoms with van der Waals surface area (Å²) in [6.07, 6.45) is 0.979. The Hall–Kier alpha value is -1.43. The third kappa shape index (κ3) is 2.06. The number of fused-ring (bicyclic) bond motifs is 2. The summed E-state index contributed by atoms with van der Waals surface area (Å²) in [7, 11) is 0. The molecule has 0 bridgehead atoms. The van der Waals surface area contributed by atoms with Crippen molar-refractivity contribution in [2.75, 3.05) is 0 Å². The average molecular weight is 225 g/mol. The molecule has 0 amide bonds. The van der Waals surface area contributed by atoms with Gasteiger partial charge in [-0.1, -0.05) is 36.4 Å². The van der Waals surface area contributed by atoms with Gasteiger partial charge in [-0.05, 0) is 23.3 Å².